The topological polar surface area (TPSA) is 108 Å². The van der Waals surface area contributed by atoms with Crippen molar-refractivity contribution in [3.8, 4) is 5.75 Å². The average Bonchev–Trinajstić information content (AvgIpc) is 3.17. The van der Waals surface area contributed by atoms with Crippen LogP contribution >= 0.6 is 0 Å². The zero-order chi connectivity index (χ0) is 24.9. The van der Waals surface area contributed by atoms with Crippen molar-refractivity contribution in [1.82, 2.24) is 0 Å². The van der Waals surface area contributed by atoms with Gasteiger partial charge in [-0.05, 0) is 58.3 Å². The summed E-state index contributed by atoms with van der Waals surface area (Å²) < 4.78 is 15.0. The summed E-state index contributed by atoms with van der Waals surface area (Å²) >= 11 is 0. The molecule has 0 aromatic heterocycles. The van der Waals surface area contributed by atoms with Crippen molar-refractivity contribution in [3.05, 3.63) is 89.1 Å². The van der Waals surface area contributed by atoms with Crippen molar-refractivity contribution >= 4 is 52.7 Å². The van der Waals surface area contributed by atoms with Crippen LogP contribution in [0.2, 0.25) is 0 Å². The van der Waals surface area contributed by atoms with E-state index in [2.05, 4.69) is 9.73 Å². The number of cyclic esters (lactones) is 1. The van der Waals surface area contributed by atoms with Crippen molar-refractivity contribution in [2.45, 2.75) is 13.8 Å². The third-order valence-corrected chi connectivity index (χ3v) is 4.86. The van der Waals surface area contributed by atoms with Gasteiger partial charge >= 0.3 is 23.9 Å². The minimum absolute atomic E-state index is 0.141. The Hall–Kier alpha value is -4.85. The highest BCUT2D eigenvalue weighted by atomic mass is 16.6. The molecule has 0 spiro atoms. The van der Waals surface area contributed by atoms with Crippen molar-refractivity contribution < 1.29 is 33.4 Å². The molecular weight excluding hydrogens is 450 g/mol. The minimum Gasteiger partial charge on any atom is -0.427 e. The van der Waals surface area contributed by atoms with Crippen LogP contribution in [0, 0.1) is 0 Å². The lowest BCUT2D eigenvalue weighted by Crippen LogP contribution is -2.06. The van der Waals surface area contributed by atoms with Crippen LogP contribution in [0.5, 0.6) is 5.75 Å². The number of hydrogen-bond acceptors (Lipinski definition) is 8. The number of hydrogen-bond donors (Lipinski definition) is 0. The molecule has 0 N–H and O–H groups in total. The molecule has 0 fully saturated rings. The maximum Gasteiger partial charge on any atom is 0.363 e. The summed E-state index contributed by atoms with van der Waals surface area (Å²) in [6, 6.07) is 17.6. The summed E-state index contributed by atoms with van der Waals surface area (Å²) in [5.41, 5.74) is 2.18. The number of nitrogens with zero attached hydrogens (tertiary/aromatic N) is 1. The van der Waals surface area contributed by atoms with Crippen LogP contribution in [-0.2, 0) is 28.7 Å². The first-order chi connectivity index (χ1) is 16.8. The number of carbonyl (C=O) groups excluding carboxylic acids is 4. The Morgan fingerprint density at radius 2 is 1.66 bits per heavy atom. The smallest absolute Gasteiger partial charge is 0.363 e. The van der Waals surface area contributed by atoms with Gasteiger partial charge in [-0.1, -0.05) is 36.4 Å². The Morgan fingerprint density at radius 1 is 0.914 bits per heavy atom. The first kappa shape index (κ1) is 23.3. The number of esters is 4. The Kier molecular flexibility index (Phi) is 6.64. The van der Waals surface area contributed by atoms with E-state index in [0.29, 0.717) is 22.4 Å². The molecule has 1 aliphatic rings. The molecule has 3 aromatic carbocycles. The monoisotopic (exact) mass is 469 g/mol. The van der Waals surface area contributed by atoms with E-state index in [0.717, 1.165) is 23.8 Å². The summed E-state index contributed by atoms with van der Waals surface area (Å²) in [4.78, 5) is 50.3. The Bertz CT molecular complexity index is 1450. The standard InChI is InChI=1S/C27H19NO7/c1-16(29)33-21-11-12-22-20(15-21)4-3-5-23(22)26-28-24(27(32)35-26)14-19-8-6-18(7-9-19)10-13-25(31)34-17(2)30/h3-15H,1-2H3/b13-10+,24-14-. The maximum absolute atomic E-state index is 12.5. The fourth-order valence-electron chi connectivity index (χ4n) is 3.40. The highest BCUT2D eigenvalue weighted by Gasteiger charge is 2.25. The van der Waals surface area contributed by atoms with Crippen LogP contribution in [0.15, 0.2) is 77.4 Å². The molecule has 8 heteroatoms. The van der Waals surface area contributed by atoms with E-state index in [1.807, 2.05) is 6.07 Å². The molecule has 0 atom stereocenters. The number of aliphatic imine (C=N–C) groups is 1. The largest absolute Gasteiger partial charge is 0.427 e. The van der Waals surface area contributed by atoms with E-state index < -0.39 is 23.9 Å². The van der Waals surface area contributed by atoms with E-state index >= 15 is 0 Å². The molecule has 174 valence electrons. The summed E-state index contributed by atoms with van der Waals surface area (Å²) in [6.07, 6.45) is 4.26. The summed E-state index contributed by atoms with van der Waals surface area (Å²) in [7, 11) is 0. The Morgan fingerprint density at radius 3 is 2.37 bits per heavy atom. The van der Waals surface area contributed by atoms with Gasteiger partial charge in [0.2, 0.25) is 5.90 Å². The predicted octanol–water partition coefficient (Wildman–Crippen LogP) is 4.21. The molecule has 35 heavy (non-hydrogen) atoms. The van der Waals surface area contributed by atoms with Crippen molar-refractivity contribution in [2.24, 2.45) is 4.99 Å². The summed E-state index contributed by atoms with van der Waals surface area (Å²) in [5.74, 6) is -1.83. The van der Waals surface area contributed by atoms with Gasteiger partial charge in [-0.3, -0.25) is 9.59 Å². The van der Waals surface area contributed by atoms with E-state index in [1.165, 1.54) is 13.0 Å². The molecule has 0 aliphatic carbocycles. The molecule has 0 amide bonds. The molecule has 0 saturated heterocycles. The normalized spacial score (nSPS) is 14.2. The van der Waals surface area contributed by atoms with Gasteiger partial charge in [0.05, 0.1) is 0 Å². The number of ether oxygens (including phenoxy) is 3. The lowest BCUT2D eigenvalue weighted by molar-refractivity contribution is -0.154. The zero-order valence-corrected chi connectivity index (χ0v) is 18.8. The second-order valence-electron chi connectivity index (χ2n) is 7.53. The Labute approximate surface area is 200 Å². The molecule has 1 heterocycles. The molecule has 0 saturated carbocycles. The molecular formula is C27H19NO7. The Balaban J connectivity index is 1.56. The second kappa shape index (κ2) is 9.96. The predicted molar refractivity (Wildman–Crippen MR) is 128 cm³/mol. The SMILES string of the molecule is CC(=O)OC(=O)/C=C/c1ccc(/C=C2\N=C(c3cccc4cc(OC(C)=O)ccc34)OC2=O)cc1. The maximum atomic E-state index is 12.5. The highest BCUT2D eigenvalue weighted by molar-refractivity contribution is 6.17. The fraction of sp³-hybridized carbons (Fsp3) is 0.0741. The van der Waals surface area contributed by atoms with Crippen LogP contribution in [0.1, 0.15) is 30.5 Å². The first-order valence-electron chi connectivity index (χ1n) is 10.5. The molecule has 4 rings (SSSR count). The highest BCUT2D eigenvalue weighted by Crippen LogP contribution is 2.27. The zero-order valence-electron chi connectivity index (χ0n) is 18.8. The van der Waals surface area contributed by atoms with Gasteiger partial charge in [0.15, 0.2) is 5.70 Å². The van der Waals surface area contributed by atoms with E-state index in [4.69, 9.17) is 9.47 Å². The molecule has 0 unspecified atom stereocenters. The molecule has 8 nitrogen and oxygen atoms in total. The van der Waals surface area contributed by atoms with E-state index in [9.17, 15) is 19.2 Å². The van der Waals surface area contributed by atoms with Gasteiger partial charge in [0.1, 0.15) is 5.75 Å². The number of carbonyl (C=O) groups is 4. The average molecular weight is 469 g/mol. The third kappa shape index (κ3) is 5.75. The number of rotatable bonds is 5. The lowest BCUT2D eigenvalue weighted by atomic mass is 10.0. The van der Waals surface area contributed by atoms with Gasteiger partial charge < -0.3 is 14.2 Å². The lowest BCUT2D eigenvalue weighted by Gasteiger charge is -2.07. The molecule has 0 radical (unpaired) electrons. The molecule has 0 bridgehead atoms. The van der Waals surface area contributed by atoms with E-state index in [1.54, 1.807) is 60.7 Å². The van der Waals surface area contributed by atoms with Crippen molar-refractivity contribution in [2.75, 3.05) is 0 Å². The summed E-state index contributed by atoms with van der Waals surface area (Å²) in [6.45, 7) is 2.48. The molecule has 1 aliphatic heterocycles. The van der Waals surface area contributed by atoms with Crippen LogP contribution < -0.4 is 4.74 Å². The third-order valence-electron chi connectivity index (χ3n) is 4.86. The first-order valence-corrected chi connectivity index (χ1v) is 10.5. The fourth-order valence-corrected chi connectivity index (χ4v) is 3.40. The van der Waals surface area contributed by atoms with Crippen molar-refractivity contribution in [1.29, 1.82) is 0 Å². The van der Waals surface area contributed by atoms with Gasteiger partial charge in [-0.2, -0.15) is 0 Å². The number of benzene rings is 3. The van der Waals surface area contributed by atoms with Gasteiger partial charge in [-0.25, -0.2) is 14.6 Å². The van der Waals surface area contributed by atoms with Gasteiger partial charge in [-0.15, -0.1) is 0 Å². The van der Waals surface area contributed by atoms with Crippen LogP contribution in [0.3, 0.4) is 0 Å². The second-order valence-corrected chi connectivity index (χ2v) is 7.53. The van der Waals surface area contributed by atoms with Crippen LogP contribution in [0.4, 0.5) is 0 Å². The quantitative estimate of drug-likeness (QED) is 0.238. The van der Waals surface area contributed by atoms with Crippen LogP contribution in [0.25, 0.3) is 22.9 Å². The van der Waals surface area contributed by atoms with Crippen molar-refractivity contribution in [3.63, 3.8) is 0 Å². The van der Waals surface area contributed by atoms with Gasteiger partial charge in [0, 0.05) is 25.5 Å². The van der Waals surface area contributed by atoms with Gasteiger partial charge in [0.25, 0.3) is 0 Å². The molecule has 3 aromatic rings. The van der Waals surface area contributed by atoms with E-state index in [-0.39, 0.29) is 11.6 Å². The van der Waals surface area contributed by atoms with Crippen LogP contribution in [-0.4, -0.2) is 29.8 Å². The minimum atomic E-state index is -0.754. The number of fused-ring (bicyclic) bond motifs is 1. The summed E-state index contributed by atoms with van der Waals surface area (Å²) in [5, 5.41) is 1.59.